The van der Waals surface area contributed by atoms with Gasteiger partial charge in [-0.3, -0.25) is 4.98 Å². The molecule has 0 amide bonds. The molecule has 0 saturated heterocycles. The molecule has 2 rings (SSSR count). The highest BCUT2D eigenvalue weighted by Crippen LogP contribution is 2.21. The maximum Gasteiger partial charge on any atom is 0.101 e. The number of rotatable bonds is 0. The number of aryl methyl sites for hydroxylation is 3. The van der Waals surface area contributed by atoms with E-state index in [1.807, 2.05) is 13.0 Å². The zero-order valence-electron chi connectivity index (χ0n) is 7.09. The van der Waals surface area contributed by atoms with Crippen LogP contribution in [0.2, 0.25) is 0 Å². The Morgan fingerprint density at radius 1 is 1.50 bits per heavy atom. The maximum absolute atomic E-state index is 8.76. The standard InChI is InChI=1S/C10H10N2/c1-7-9(6-11)5-8-3-2-4-10(8)12-7/h5H,2-4H2,1H3. The molecule has 0 saturated carbocycles. The van der Waals surface area contributed by atoms with Crippen LogP contribution in [0.4, 0.5) is 0 Å². The lowest BCUT2D eigenvalue weighted by atomic mass is 10.1. The number of hydrogen-bond acceptors (Lipinski definition) is 2. The molecule has 0 aliphatic heterocycles. The van der Waals surface area contributed by atoms with E-state index in [2.05, 4.69) is 11.1 Å². The summed E-state index contributed by atoms with van der Waals surface area (Å²) in [5.74, 6) is 0. The maximum atomic E-state index is 8.76. The zero-order chi connectivity index (χ0) is 8.55. The normalized spacial score (nSPS) is 14.0. The monoisotopic (exact) mass is 158 g/mol. The quantitative estimate of drug-likeness (QED) is 0.576. The van der Waals surface area contributed by atoms with Crippen molar-refractivity contribution in [2.75, 3.05) is 0 Å². The molecule has 60 valence electrons. The Kier molecular flexibility index (Phi) is 1.58. The zero-order valence-corrected chi connectivity index (χ0v) is 7.09. The van der Waals surface area contributed by atoms with Gasteiger partial charge >= 0.3 is 0 Å². The summed E-state index contributed by atoms with van der Waals surface area (Å²) in [5, 5.41) is 8.76. The smallest absolute Gasteiger partial charge is 0.101 e. The molecule has 1 heterocycles. The Hall–Kier alpha value is -1.36. The van der Waals surface area contributed by atoms with Crippen LogP contribution in [-0.4, -0.2) is 4.98 Å². The molecule has 2 nitrogen and oxygen atoms in total. The van der Waals surface area contributed by atoms with Crippen molar-refractivity contribution in [2.24, 2.45) is 0 Å². The fourth-order valence-electron chi connectivity index (χ4n) is 1.69. The predicted molar refractivity (Wildman–Crippen MR) is 45.7 cm³/mol. The lowest BCUT2D eigenvalue weighted by Gasteiger charge is -2.01. The van der Waals surface area contributed by atoms with Crippen LogP contribution in [0.3, 0.4) is 0 Å². The molecule has 0 N–H and O–H groups in total. The van der Waals surface area contributed by atoms with Gasteiger partial charge in [0.25, 0.3) is 0 Å². The van der Waals surface area contributed by atoms with Gasteiger partial charge in [-0.1, -0.05) is 0 Å². The molecule has 0 radical (unpaired) electrons. The molecule has 1 aliphatic carbocycles. The molecule has 1 aliphatic rings. The molecule has 0 aromatic carbocycles. The summed E-state index contributed by atoms with van der Waals surface area (Å²) in [7, 11) is 0. The highest BCUT2D eigenvalue weighted by molar-refractivity contribution is 5.39. The van der Waals surface area contributed by atoms with E-state index in [0.29, 0.717) is 0 Å². The topological polar surface area (TPSA) is 36.7 Å². The van der Waals surface area contributed by atoms with E-state index in [1.165, 1.54) is 17.7 Å². The van der Waals surface area contributed by atoms with E-state index < -0.39 is 0 Å². The Morgan fingerprint density at radius 2 is 2.33 bits per heavy atom. The lowest BCUT2D eigenvalue weighted by molar-refractivity contribution is 0.896. The minimum Gasteiger partial charge on any atom is -0.257 e. The molecule has 0 fully saturated rings. The van der Waals surface area contributed by atoms with Crippen molar-refractivity contribution in [2.45, 2.75) is 26.2 Å². The first-order valence-electron chi connectivity index (χ1n) is 4.21. The van der Waals surface area contributed by atoms with Gasteiger partial charge in [-0.15, -0.1) is 0 Å². The van der Waals surface area contributed by atoms with Crippen molar-refractivity contribution >= 4 is 0 Å². The fraction of sp³-hybridized carbons (Fsp3) is 0.400. The average molecular weight is 158 g/mol. The van der Waals surface area contributed by atoms with Gasteiger partial charge in [0.15, 0.2) is 0 Å². The Morgan fingerprint density at radius 3 is 3.08 bits per heavy atom. The van der Waals surface area contributed by atoms with Gasteiger partial charge in [-0.25, -0.2) is 0 Å². The summed E-state index contributed by atoms with van der Waals surface area (Å²) in [6, 6.07) is 4.15. The van der Waals surface area contributed by atoms with Crippen LogP contribution < -0.4 is 0 Å². The molecule has 0 spiro atoms. The molecule has 1 aromatic rings. The highest BCUT2D eigenvalue weighted by Gasteiger charge is 2.13. The third kappa shape index (κ3) is 0.984. The lowest BCUT2D eigenvalue weighted by Crippen LogP contribution is -1.94. The van der Waals surface area contributed by atoms with E-state index in [0.717, 1.165) is 24.1 Å². The Balaban J connectivity index is 2.59. The summed E-state index contributed by atoms with van der Waals surface area (Å²) in [5.41, 5.74) is 4.08. The van der Waals surface area contributed by atoms with Crippen LogP contribution >= 0.6 is 0 Å². The SMILES string of the molecule is Cc1nc2c(cc1C#N)CCC2. The van der Waals surface area contributed by atoms with Crippen LogP contribution in [0.1, 0.15) is 28.9 Å². The van der Waals surface area contributed by atoms with Crippen molar-refractivity contribution in [3.05, 3.63) is 28.6 Å². The van der Waals surface area contributed by atoms with Crippen LogP contribution in [0.5, 0.6) is 0 Å². The second-order valence-corrected chi connectivity index (χ2v) is 3.19. The van der Waals surface area contributed by atoms with Crippen LogP contribution in [0, 0.1) is 18.3 Å². The first-order valence-corrected chi connectivity index (χ1v) is 4.21. The summed E-state index contributed by atoms with van der Waals surface area (Å²) in [4.78, 5) is 4.40. The average Bonchev–Trinajstić information content (AvgIpc) is 2.49. The minimum absolute atomic E-state index is 0.732. The van der Waals surface area contributed by atoms with Gasteiger partial charge in [0.05, 0.1) is 11.3 Å². The number of nitriles is 1. The molecule has 12 heavy (non-hydrogen) atoms. The van der Waals surface area contributed by atoms with Gasteiger partial charge in [0.1, 0.15) is 6.07 Å². The van der Waals surface area contributed by atoms with E-state index in [-0.39, 0.29) is 0 Å². The van der Waals surface area contributed by atoms with Gasteiger partial charge in [0.2, 0.25) is 0 Å². The second-order valence-electron chi connectivity index (χ2n) is 3.19. The van der Waals surface area contributed by atoms with Crippen LogP contribution in [0.25, 0.3) is 0 Å². The van der Waals surface area contributed by atoms with Gasteiger partial charge in [-0.05, 0) is 37.8 Å². The van der Waals surface area contributed by atoms with Crippen LogP contribution in [0.15, 0.2) is 6.07 Å². The third-order valence-electron chi connectivity index (χ3n) is 2.36. The van der Waals surface area contributed by atoms with Crippen molar-refractivity contribution < 1.29 is 0 Å². The largest absolute Gasteiger partial charge is 0.257 e. The van der Waals surface area contributed by atoms with Crippen molar-refractivity contribution in [1.82, 2.24) is 4.98 Å². The van der Waals surface area contributed by atoms with Crippen molar-refractivity contribution in [1.29, 1.82) is 5.26 Å². The minimum atomic E-state index is 0.732. The molecular weight excluding hydrogens is 148 g/mol. The van der Waals surface area contributed by atoms with Gasteiger partial charge < -0.3 is 0 Å². The summed E-state index contributed by atoms with van der Waals surface area (Å²) in [6.07, 6.45) is 3.37. The molecule has 0 unspecified atom stereocenters. The van der Waals surface area contributed by atoms with E-state index >= 15 is 0 Å². The van der Waals surface area contributed by atoms with Gasteiger partial charge in [-0.2, -0.15) is 5.26 Å². The highest BCUT2D eigenvalue weighted by atomic mass is 14.7. The molecule has 0 bridgehead atoms. The van der Waals surface area contributed by atoms with Crippen molar-refractivity contribution in [3.8, 4) is 6.07 Å². The second kappa shape index (κ2) is 2.60. The molecule has 1 aromatic heterocycles. The Bertz CT molecular complexity index is 360. The van der Waals surface area contributed by atoms with E-state index in [9.17, 15) is 0 Å². The van der Waals surface area contributed by atoms with E-state index in [4.69, 9.17) is 5.26 Å². The number of fused-ring (bicyclic) bond motifs is 1. The first kappa shape index (κ1) is 7.30. The summed E-state index contributed by atoms with van der Waals surface area (Å²) >= 11 is 0. The summed E-state index contributed by atoms with van der Waals surface area (Å²) in [6.45, 7) is 1.90. The molecule has 0 atom stereocenters. The fourth-order valence-corrected chi connectivity index (χ4v) is 1.69. The van der Waals surface area contributed by atoms with E-state index in [1.54, 1.807) is 0 Å². The number of pyridine rings is 1. The summed E-state index contributed by atoms with van der Waals surface area (Å²) < 4.78 is 0. The van der Waals surface area contributed by atoms with Crippen LogP contribution in [-0.2, 0) is 12.8 Å². The first-order chi connectivity index (χ1) is 5.81. The number of aromatic nitrogens is 1. The van der Waals surface area contributed by atoms with Gasteiger partial charge in [0, 0.05) is 5.69 Å². The Labute approximate surface area is 71.9 Å². The van der Waals surface area contributed by atoms with Crippen molar-refractivity contribution in [3.63, 3.8) is 0 Å². The third-order valence-corrected chi connectivity index (χ3v) is 2.36. The number of nitrogens with zero attached hydrogens (tertiary/aromatic N) is 2. The number of hydrogen-bond donors (Lipinski definition) is 0. The molecule has 2 heteroatoms. The predicted octanol–water partition coefficient (Wildman–Crippen LogP) is 1.75. The molecular formula is C10H10N2.